The maximum atomic E-state index is 12.8. The van der Waals surface area contributed by atoms with Gasteiger partial charge in [-0.15, -0.1) is 11.3 Å². The second-order valence-electron chi connectivity index (χ2n) is 5.37. The second kappa shape index (κ2) is 7.90. The van der Waals surface area contributed by atoms with Crippen LogP contribution < -0.4 is 4.74 Å². The minimum absolute atomic E-state index is 0.0978. The molecule has 2 aromatic carbocycles. The summed E-state index contributed by atoms with van der Waals surface area (Å²) in [7, 11) is 0. The van der Waals surface area contributed by atoms with Gasteiger partial charge in [0.15, 0.2) is 0 Å². The van der Waals surface area contributed by atoms with Crippen LogP contribution in [0.4, 0.5) is 4.39 Å². The van der Waals surface area contributed by atoms with Gasteiger partial charge in [-0.25, -0.2) is 14.2 Å². The summed E-state index contributed by atoms with van der Waals surface area (Å²) in [4.78, 5) is 16.4. The molecule has 0 amide bonds. The minimum Gasteiger partial charge on any atom is -0.487 e. The lowest BCUT2D eigenvalue weighted by molar-refractivity contribution is 0.0472. The van der Waals surface area contributed by atoms with Crippen LogP contribution in [0.3, 0.4) is 0 Å². The Bertz CT molecular complexity index is 844. The topological polar surface area (TPSA) is 48.4 Å². The van der Waals surface area contributed by atoms with E-state index in [0.717, 1.165) is 16.3 Å². The normalized spacial score (nSPS) is 10.5. The molecule has 0 aliphatic carbocycles. The van der Waals surface area contributed by atoms with Gasteiger partial charge >= 0.3 is 5.97 Å². The Morgan fingerprint density at radius 1 is 1.08 bits per heavy atom. The largest absolute Gasteiger partial charge is 0.487 e. The van der Waals surface area contributed by atoms with Crippen molar-refractivity contribution >= 4 is 17.3 Å². The molecular formula is C19H16FNO3S. The summed E-state index contributed by atoms with van der Waals surface area (Å²) in [6.45, 7) is 2.43. The van der Waals surface area contributed by atoms with Crippen LogP contribution in [-0.4, -0.2) is 11.0 Å². The lowest BCUT2D eigenvalue weighted by Gasteiger charge is -2.07. The summed E-state index contributed by atoms with van der Waals surface area (Å²) < 4.78 is 23.7. The fourth-order valence-corrected chi connectivity index (χ4v) is 2.73. The molecule has 1 heterocycles. The first-order valence-electron chi connectivity index (χ1n) is 7.65. The highest BCUT2D eigenvalue weighted by atomic mass is 32.1. The summed E-state index contributed by atoms with van der Waals surface area (Å²) in [5.74, 6) is -0.106. The van der Waals surface area contributed by atoms with E-state index in [9.17, 15) is 9.18 Å². The van der Waals surface area contributed by atoms with Crippen LogP contribution in [0.5, 0.6) is 5.75 Å². The molecule has 0 bridgehead atoms. The first-order chi connectivity index (χ1) is 12.1. The zero-order valence-electron chi connectivity index (χ0n) is 13.6. The average Bonchev–Trinajstić information content (AvgIpc) is 3.05. The number of nitrogens with zero attached hydrogens (tertiary/aromatic N) is 1. The molecule has 0 atom stereocenters. The Hall–Kier alpha value is -2.73. The van der Waals surface area contributed by atoms with E-state index < -0.39 is 5.97 Å². The van der Waals surface area contributed by atoms with Crippen molar-refractivity contribution in [2.24, 2.45) is 0 Å². The maximum absolute atomic E-state index is 12.8. The van der Waals surface area contributed by atoms with E-state index in [1.165, 1.54) is 12.1 Å². The van der Waals surface area contributed by atoms with Gasteiger partial charge in [-0.3, -0.25) is 0 Å². The predicted molar refractivity (Wildman–Crippen MR) is 93.1 cm³/mol. The molecule has 1 aromatic heterocycles. The van der Waals surface area contributed by atoms with Gasteiger partial charge in [-0.05, 0) is 48.9 Å². The van der Waals surface area contributed by atoms with E-state index in [0.29, 0.717) is 17.9 Å². The molecule has 0 unspecified atom stereocenters. The van der Waals surface area contributed by atoms with Crippen molar-refractivity contribution in [3.8, 4) is 5.75 Å². The Morgan fingerprint density at radius 3 is 2.44 bits per heavy atom. The second-order valence-corrected chi connectivity index (χ2v) is 6.44. The van der Waals surface area contributed by atoms with Crippen LogP contribution in [0.1, 0.15) is 26.6 Å². The number of ether oxygens (including phenoxy) is 2. The number of halogens is 1. The van der Waals surface area contributed by atoms with Gasteiger partial charge in [-0.1, -0.05) is 12.1 Å². The van der Waals surface area contributed by atoms with Gasteiger partial charge in [0.05, 0.1) is 16.3 Å². The van der Waals surface area contributed by atoms with E-state index >= 15 is 0 Å². The van der Waals surface area contributed by atoms with Crippen LogP contribution in [-0.2, 0) is 18.0 Å². The Balaban J connectivity index is 1.52. The van der Waals surface area contributed by atoms with Crippen LogP contribution in [0, 0.1) is 12.7 Å². The molecule has 0 aliphatic heterocycles. The van der Waals surface area contributed by atoms with Gasteiger partial charge in [0, 0.05) is 5.38 Å². The van der Waals surface area contributed by atoms with Crippen LogP contribution in [0.25, 0.3) is 0 Å². The summed E-state index contributed by atoms with van der Waals surface area (Å²) in [5, 5.41) is 2.95. The van der Waals surface area contributed by atoms with E-state index in [1.54, 1.807) is 47.7 Å². The third-order valence-electron chi connectivity index (χ3n) is 3.43. The molecule has 0 aliphatic rings. The van der Waals surface area contributed by atoms with Crippen molar-refractivity contribution in [3.63, 3.8) is 0 Å². The first kappa shape index (κ1) is 17.1. The summed E-state index contributed by atoms with van der Waals surface area (Å²) in [6.07, 6.45) is 0. The number of carbonyl (C=O) groups is 1. The number of thiazole rings is 1. The molecule has 0 saturated carbocycles. The fourth-order valence-electron chi connectivity index (χ4n) is 2.13. The van der Waals surface area contributed by atoms with Crippen LogP contribution in [0.15, 0.2) is 53.9 Å². The average molecular weight is 357 g/mol. The number of rotatable bonds is 6. The Kier molecular flexibility index (Phi) is 5.40. The van der Waals surface area contributed by atoms with Crippen molar-refractivity contribution in [2.75, 3.05) is 0 Å². The van der Waals surface area contributed by atoms with E-state index in [2.05, 4.69) is 4.98 Å². The van der Waals surface area contributed by atoms with E-state index in [-0.39, 0.29) is 12.4 Å². The van der Waals surface area contributed by atoms with Gasteiger partial charge in [0.2, 0.25) is 0 Å². The third kappa shape index (κ3) is 4.87. The molecule has 0 radical (unpaired) electrons. The molecule has 0 fully saturated rings. The quantitative estimate of drug-likeness (QED) is 0.608. The lowest BCUT2D eigenvalue weighted by Crippen LogP contribution is -2.05. The number of aryl methyl sites for hydroxylation is 1. The Labute approximate surface area is 148 Å². The molecule has 3 aromatic rings. The zero-order valence-corrected chi connectivity index (χ0v) is 14.4. The van der Waals surface area contributed by atoms with Crippen LogP contribution >= 0.6 is 11.3 Å². The fraction of sp³-hybridized carbons (Fsp3) is 0.158. The van der Waals surface area contributed by atoms with Crippen molar-refractivity contribution < 1.29 is 18.7 Å². The van der Waals surface area contributed by atoms with E-state index in [1.807, 2.05) is 12.3 Å². The smallest absolute Gasteiger partial charge is 0.338 e. The molecule has 6 heteroatoms. The standard InChI is InChI=1S/C19H16FNO3S/c1-13-21-17(12-25-13)11-23-18-8-4-15(5-9-18)19(22)24-10-14-2-6-16(20)7-3-14/h2-9,12H,10-11H2,1H3. The van der Waals surface area contributed by atoms with Crippen LogP contribution in [0.2, 0.25) is 0 Å². The van der Waals surface area contributed by atoms with Gasteiger partial charge < -0.3 is 9.47 Å². The number of esters is 1. The summed E-state index contributed by atoms with van der Waals surface area (Å²) in [5.41, 5.74) is 2.04. The number of benzene rings is 2. The molecular weight excluding hydrogens is 341 g/mol. The first-order valence-corrected chi connectivity index (χ1v) is 8.53. The molecule has 25 heavy (non-hydrogen) atoms. The van der Waals surface area contributed by atoms with Crippen molar-refractivity contribution in [2.45, 2.75) is 20.1 Å². The highest BCUT2D eigenvalue weighted by Gasteiger charge is 2.08. The highest BCUT2D eigenvalue weighted by molar-refractivity contribution is 7.09. The van der Waals surface area contributed by atoms with Gasteiger partial charge in [0.1, 0.15) is 24.8 Å². The zero-order chi connectivity index (χ0) is 17.6. The molecule has 128 valence electrons. The number of hydrogen-bond acceptors (Lipinski definition) is 5. The van der Waals surface area contributed by atoms with Crippen molar-refractivity contribution in [3.05, 3.63) is 81.6 Å². The highest BCUT2D eigenvalue weighted by Crippen LogP contribution is 2.16. The lowest BCUT2D eigenvalue weighted by atomic mass is 10.2. The molecule has 0 saturated heterocycles. The summed E-state index contributed by atoms with van der Waals surface area (Å²) >= 11 is 1.58. The number of carbonyl (C=O) groups excluding carboxylic acids is 1. The van der Waals surface area contributed by atoms with E-state index in [4.69, 9.17) is 9.47 Å². The molecule has 4 nitrogen and oxygen atoms in total. The SMILES string of the molecule is Cc1nc(COc2ccc(C(=O)OCc3ccc(F)cc3)cc2)cs1. The molecule has 3 rings (SSSR count). The van der Waals surface area contributed by atoms with Crippen molar-refractivity contribution in [1.29, 1.82) is 0 Å². The third-order valence-corrected chi connectivity index (χ3v) is 4.25. The maximum Gasteiger partial charge on any atom is 0.338 e. The number of aromatic nitrogens is 1. The Morgan fingerprint density at radius 2 is 1.80 bits per heavy atom. The van der Waals surface area contributed by atoms with Gasteiger partial charge in [-0.2, -0.15) is 0 Å². The molecule has 0 N–H and O–H groups in total. The monoisotopic (exact) mass is 357 g/mol. The van der Waals surface area contributed by atoms with Crippen molar-refractivity contribution in [1.82, 2.24) is 4.98 Å². The van der Waals surface area contributed by atoms with Gasteiger partial charge in [0.25, 0.3) is 0 Å². The number of hydrogen-bond donors (Lipinski definition) is 0. The predicted octanol–water partition coefficient (Wildman–Crippen LogP) is 4.53. The molecule has 0 spiro atoms. The minimum atomic E-state index is -0.439. The summed E-state index contributed by atoms with van der Waals surface area (Å²) in [6, 6.07) is 12.6.